The van der Waals surface area contributed by atoms with E-state index in [-0.39, 0.29) is 63.4 Å². The summed E-state index contributed by atoms with van der Waals surface area (Å²) in [5.41, 5.74) is 12.6. The van der Waals surface area contributed by atoms with Crippen LogP contribution in [0.25, 0.3) is 0 Å². The largest absolute Gasteiger partial charge is 0.508 e. The van der Waals surface area contributed by atoms with Crippen molar-refractivity contribution in [1.82, 2.24) is 52.1 Å². The fourth-order valence-electron chi connectivity index (χ4n) is 7.78. The second kappa shape index (κ2) is 27.6. The number of aliphatic carboxylic acids is 1. The van der Waals surface area contributed by atoms with E-state index in [1.165, 1.54) is 29.6 Å². The van der Waals surface area contributed by atoms with Crippen LogP contribution in [0.4, 0.5) is 0 Å². The zero-order valence-electron chi connectivity index (χ0n) is 40.8. The number of likely N-dealkylation sites (tertiary alicyclic amines) is 1. The van der Waals surface area contributed by atoms with Crippen LogP contribution < -0.4 is 48.7 Å². The normalized spacial score (nSPS) is 16.0. The Hall–Kier alpha value is -7.56. The monoisotopic (exact) mass is 988 g/mol. The molecular formula is C48H69N13O10. The number of aliphatic imine (C=N–C) groups is 1. The number of phenolic OH excluding ortho intramolecular Hbond substituents is 1. The summed E-state index contributed by atoms with van der Waals surface area (Å²) in [7, 11) is 1.57. The van der Waals surface area contributed by atoms with Crippen molar-refractivity contribution < 1.29 is 48.6 Å². The summed E-state index contributed by atoms with van der Waals surface area (Å²) in [6.07, 6.45) is 3.75. The molecule has 23 heteroatoms. The van der Waals surface area contributed by atoms with E-state index in [4.69, 9.17) is 11.5 Å². The Morgan fingerprint density at radius 1 is 0.775 bits per heavy atom. The molecule has 0 spiro atoms. The molecule has 2 heterocycles. The van der Waals surface area contributed by atoms with Crippen LogP contribution in [0.5, 0.6) is 5.75 Å². The van der Waals surface area contributed by atoms with Gasteiger partial charge in [-0.2, -0.15) is 0 Å². The van der Waals surface area contributed by atoms with Gasteiger partial charge in [-0.1, -0.05) is 76.6 Å². The molecule has 1 aliphatic rings. The van der Waals surface area contributed by atoms with Gasteiger partial charge in [0.25, 0.3) is 0 Å². The number of aromatic amines is 1. The number of hydrogen-bond acceptors (Lipinski definition) is 12. The van der Waals surface area contributed by atoms with Crippen molar-refractivity contribution in [2.45, 2.75) is 115 Å². The quantitative estimate of drug-likeness (QED) is 0.0229. The van der Waals surface area contributed by atoms with Gasteiger partial charge in [0.05, 0.1) is 12.9 Å². The van der Waals surface area contributed by atoms with Crippen molar-refractivity contribution in [1.29, 1.82) is 0 Å². The number of aromatic nitrogens is 2. The second-order valence-corrected chi connectivity index (χ2v) is 17.9. The number of imidazole rings is 1. The predicted octanol–water partition coefficient (Wildman–Crippen LogP) is -1.29. The highest BCUT2D eigenvalue weighted by Gasteiger charge is 2.43. The van der Waals surface area contributed by atoms with E-state index >= 15 is 0 Å². The van der Waals surface area contributed by atoms with Crippen molar-refractivity contribution in [2.24, 2.45) is 28.3 Å². The molecule has 0 bridgehead atoms. The summed E-state index contributed by atoms with van der Waals surface area (Å²) < 4.78 is 0. The minimum Gasteiger partial charge on any atom is -0.508 e. The maximum absolute atomic E-state index is 14.5. The highest BCUT2D eigenvalue weighted by molar-refractivity contribution is 5.98. The number of nitrogens with two attached hydrogens (primary N) is 2. The number of amides is 7. The third kappa shape index (κ3) is 17.4. The molecule has 4 rings (SSSR count). The first-order valence-electron chi connectivity index (χ1n) is 23.6. The minimum atomic E-state index is -1.35. The van der Waals surface area contributed by atoms with E-state index < -0.39 is 101 Å². The molecule has 71 heavy (non-hydrogen) atoms. The van der Waals surface area contributed by atoms with Gasteiger partial charge in [0.15, 0.2) is 5.96 Å². The van der Waals surface area contributed by atoms with Gasteiger partial charge >= 0.3 is 5.97 Å². The number of carboxylic acids is 1. The van der Waals surface area contributed by atoms with E-state index in [1.807, 2.05) is 0 Å². The average Bonchev–Trinajstić information content (AvgIpc) is 3.83. The van der Waals surface area contributed by atoms with E-state index in [0.29, 0.717) is 29.7 Å². The number of nitrogens with one attached hydrogen (secondary N) is 8. The number of hydrogen-bond donors (Lipinski definition) is 12. The smallest absolute Gasteiger partial charge is 0.326 e. The Morgan fingerprint density at radius 3 is 1.97 bits per heavy atom. The Morgan fingerprint density at radius 2 is 1.39 bits per heavy atom. The third-order valence-corrected chi connectivity index (χ3v) is 12.1. The lowest BCUT2D eigenvalue weighted by Gasteiger charge is -2.42. The number of nitrogens with zero attached hydrogens (tertiary/aromatic N) is 3. The highest BCUT2D eigenvalue weighted by Crippen LogP contribution is 2.21. The van der Waals surface area contributed by atoms with Crippen LogP contribution in [0.3, 0.4) is 0 Å². The fourth-order valence-corrected chi connectivity index (χ4v) is 7.78. The maximum Gasteiger partial charge on any atom is 0.326 e. The molecule has 0 aliphatic carbocycles. The number of rotatable bonds is 28. The zero-order chi connectivity index (χ0) is 52.2. The Kier molecular flexibility index (Phi) is 21.8. The van der Waals surface area contributed by atoms with Gasteiger partial charge < -0.3 is 68.8 Å². The van der Waals surface area contributed by atoms with Gasteiger partial charge in [-0.3, -0.25) is 38.6 Å². The van der Waals surface area contributed by atoms with Crippen molar-refractivity contribution in [3.8, 4) is 5.75 Å². The number of H-pyrrole nitrogens is 1. The predicted molar refractivity (Wildman–Crippen MR) is 262 cm³/mol. The number of aromatic hydroxyl groups is 1. The molecule has 1 saturated heterocycles. The van der Waals surface area contributed by atoms with Crippen LogP contribution in [0.2, 0.25) is 0 Å². The number of carbonyl (C=O) groups excluding carboxylic acids is 7. The summed E-state index contributed by atoms with van der Waals surface area (Å²) in [6.45, 7) is 7.14. The standard InChI is InChI=1S/C48H69N13O10/c1-6-28(4)40(45(68)57-35(23-31-24-52-26-54-31)46(69)61-20-18-37(61)43(66)58-36(47(70)71)22-29-11-8-7-9-12-29)60-42(65)34(21-30-14-16-32(62)17-15-30)56-44(67)39(27(2)3)59-41(64)33(55-38(63)25-51-5)13-10-19-53-48(49)50/h7-9,11-12,14-17,24,26-28,33-37,39-40,51,62H,6,10,13,18-23,25H2,1-5H3,(H,52,54)(H,55,63)(H,56,67)(H,57,68)(H,58,66)(H,59,64)(H,60,65)(H,70,71)(H4,49,50,53)/t28-,33-,34-,35-,36-,37-,39-,40-/m0/s1. The van der Waals surface area contributed by atoms with Crippen LogP contribution >= 0.6 is 0 Å². The molecule has 7 amide bonds. The molecule has 2 aromatic carbocycles. The van der Waals surface area contributed by atoms with Crippen LogP contribution in [0.15, 0.2) is 72.1 Å². The highest BCUT2D eigenvalue weighted by atomic mass is 16.4. The van der Waals surface area contributed by atoms with Gasteiger partial charge in [0.1, 0.15) is 48.0 Å². The number of carbonyl (C=O) groups is 8. The number of carboxylic acid groups (broad SMARTS) is 1. The molecule has 23 nitrogen and oxygen atoms in total. The molecule has 1 fully saturated rings. The molecule has 0 unspecified atom stereocenters. The zero-order valence-corrected chi connectivity index (χ0v) is 40.8. The molecule has 1 aromatic heterocycles. The van der Waals surface area contributed by atoms with Crippen molar-refractivity contribution >= 4 is 53.3 Å². The van der Waals surface area contributed by atoms with E-state index in [9.17, 15) is 48.6 Å². The SMILES string of the molecule is CC[C@H](C)[C@H](NC(=O)[C@H](Cc1ccc(O)cc1)NC(=O)[C@@H](NC(=O)[C@H](CCCN=C(N)N)NC(=O)CNC)C(C)C)C(=O)N[C@@H](Cc1cnc[nH]1)C(=O)N1CC[C@H]1C(=O)N[C@@H](Cc1ccccc1)C(=O)O. The number of phenols is 1. The van der Waals surface area contributed by atoms with Crippen molar-refractivity contribution in [3.63, 3.8) is 0 Å². The molecule has 14 N–H and O–H groups in total. The van der Waals surface area contributed by atoms with Crippen molar-refractivity contribution in [3.05, 3.63) is 83.9 Å². The number of guanidine groups is 1. The topological polar surface area (TPSA) is 358 Å². The molecule has 3 aromatic rings. The Labute approximate surface area is 412 Å². The van der Waals surface area contributed by atoms with E-state index in [0.717, 1.165) is 0 Å². The summed E-state index contributed by atoms with van der Waals surface area (Å²) >= 11 is 0. The fraction of sp³-hybridized carbons (Fsp3) is 0.500. The molecule has 1 aliphatic heterocycles. The molecule has 386 valence electrons. The van der Waals surface area contributed by atoms with Crippen LogP contribution in [-0.4, -0.2) is 147 Å². The van der Waals surface area contributed by atoms with Gasteiger partial charge in [0.2, 0.25) is 41.4 Å². The second-order valence-electron chi connectivity index (χ2n) is 17.9. The number of likely N-dealkylation sites (N-methyl/N-ethyl adjacent to an activating group) is 1. The Bertz CT molecular complexity index is 2290. The lowest BCUT2D eigenvalue weighted by Crippen LogP contribution is -2.65. The Balaban J connectivity index is 1.56. The summed E-state index contributed by atoms with van der Waals surface area (Å²) in [6, 6.07) is 6.24. The minimum absolute atomic E-state index is 0.0144. The van der Waals surface area contributed by atoms with Crippen LogP contribution in [0.1, 0.15) is 70.2 Å². The molecular weight excluding hydrogens is 919 g/mol. The number of benzene rings is 2. The van der Waals surface area contributed by atoms with Crippen LogP contribution in [0, 0.1) is 11.8 Å². The first-order valence-corrected chi connectivity index (χ1v) is 23.6. The van der Waals surface area contributed by atoms with Crippen LogP contribution in [-0.2, 0) is 57.6 Å². The van der Waals surface area contributed by atoms with Gasteiger partial charge in [-0.15, -0.1) is 0 Å². The third-order valence-electron chi connectivity index (χ3n) is 12.1. The summed E-state index contributed by atoms with van der Waals surface area (Å²) in [5, 5.41) is 38.9. The first-order chi connectivity index (χ1) is 33.8. The van der Waals surface area contributed by atoms with E-state index in [1.54, 1.807) is 77.2 Å². The lowest BCUT2D eigenvalue weighted by atomic mass is 9.95. The summed E-state index contributed by atoms with van der Waals surface area (Å²) in [4.78, 5) is 122. The van der Waals surface area contributed by atoms with E-state index in [2.05, 4.69) is 52.2 Å². The van der Waals surface area contributed by atoms with Gasteiger partial charge in [-0.05, 0) is 61.4 Å². The van der Waals surface area contributed by atoms with Gasteiger partial charge in [0, 0.05) is 44.2 Å². The lowest BCUT2D eigenvalue weighted by molar-refractivity contribution is -0.151. The van der Waals surface area contributed by atoms with Crippen molar-refractivity contribution in [2.75, 3.05) is 26.7 Å². The summed E-state index contributed by atoms with van der Waals surface area (Å²) in [5.74, 6) is -7.18. The molecule has 8 atom stereocenters. The molecule has 0 saturated carbocycles. The first kappa shape index (κ1) is 56.0. The average molecular weight is 988 g/mol. The molecule has 0 radical (unpaired) electrons. The van der Waals surface area contributed by atoms with Gasteiger partial charge in [-0.25, -0.2) is 9.78 Å². The maximum atomic E-state index is 14.5.